The molecular formula is C16H17N3O3. The van der Waals surface area contributed by atoms with E-state index in [0.29, 0.717) is 22.9 Å². The number of hydrogen-bond donors (Lipinski definition) is 2. The highest BCUT2D eigenvalue weighted by Gasteiger charge is 2.09. The number of benzene rings is 1. The molecule has 0 saturated carbocycles. The van der Waals surface area contributed by atoms with Gasteiger partial charge in [0.1, 0.15) is 5.69 Å². The molecule has 0 saturated heterocycles. The highest BCUT2D eigenvalue weighted by Crippen LogP contribution is 2.29. The zero-order chi connectivity index (χ0) is 15.9. The van der Waals surface area contributed by atoms with E-state index in [-0.39, 0.29) is 5.91 Å². The Morgan fingerprint density at radius 3 is 2.50 bits per heavy atom. The van der Waals surface area contributed by atoms with Crippen LogP contribution < -0.4 is 20.3 Å². The Hall–Kier alpha value is -3.02. The number of amides is 1. The number of methoxy groups -OCH3 is 2. The molecule has 1 amide bonds. The lowest BCUT2D eigenvalue weighted by molar-refractivity contribution is 0.0937. The standard InChI is InChI=1S/C16H17N3O3/c1-11(12-7-8-14(21-2)15(10-12)22-3)18-19-16(20)13-6-4-5-9-17-13/h4-10,18H,1H2,2-3H3,(H,19,20). The molecule has 0 atom stereocenters. The van der Waals surface area contributed by atoms with Gasteiger partial charge in [0.2, 0.25) is 0 Å². The summed E-state index contributed by atoms with van der Waals surface area (Å²) in [6.45, 7) is 3.88. The van der Waals surface area contributed by atoms with Gasteiger partial charge >= 0.3 is 0 Å². The number of nitrogens with zero attached hydrogens (tertiary/aromatic N) is 1. The molecule has 2 aromatic rings. The van der Waals surface area contributed by atoms with Crippen molar-refractivity contribution in [1.82, 2.24) is 15.8 Å². The number of nitrogens with one attached hydrogen (secondary N) is 2. The predicted molar refractivity (Wildman–Crippen MR) is 83.4 cm³/mol. The van der Waals surface area contributed by atoms with Gasteiger partial charge < -0.3 is 9.47 Å². The van der Waals surface area contributed by atoms with Crippen LogP contribution in [0.25, 0.3) is 5.70 Å². The Balaban J connectivity index is 2.02. The quantitative estimate of drug-likeness (QED) is 0.798. The maximum atomic E-state index is 11.9. The average Bonchev–Trinajstić information content (AvgIpc) is 2.59. The molecule has 22 heavy (non-hydrogen) atoms. The van der Waals surface area contributed by atoms with E-state index in [2.05, 4.69) is 22.4 Å². The third kappa shape index (κ3) is 3.54. The largest absolute Gasteiger partial charge is 0.493 e. The van der Waals surface area contributed by atoms with Crippen molar-refractivity contribution in [1.29, 1.82) is 0 Å². The molecule has 1 aromatic carbocycles. The van der Waals surface area contributed by atoms with Gasteiger partial charge in [0.05, 0.1) is 19.9 Å². The lowest BCUT2D eigenvalue weighted by Crippen LogP contribution is -2.36. The zero-order valence-electron chi connectivity index (χ0n) is 12.4. The van der Waals surface area contributed by atoms with Crippen LogP contribution in [0.2, 0.25) is 0 Å². The fourth-order valence-electron chi connectivity index (χ4n) is 1.79. The van der Waals surface area contributed by atoms with Crippen LogP contribution in [0.4, 0.5) is 0 Å². The molecule has 6 heteroatoms. The molecule has 0 aliphatic carbocycles. The van der Waals surface area contributed by atoms with E-state index in [1.54, 1.807) is 50.7 Å². The van der Waals surface area contributed by atoms with E-state index in [1.165, 1.54) is 0 Å². The normalized spacial score (nSPS) is 9.73. The molecule has 0 unspecified atom stereocenters. The van der Waals surface area contributed by atoms with Gasteiger partial charge in [-0.2, -0.15) is 0 Å². The molecule has 6 nitrogen and oxygen atoms in total. The van der Waals surface area contributed by atoms with Crippen LogP contribution in [-0.2, 0) is 0 Å². The Bertz CT molecular complexity index is 672. The van der Waals surface area contributed by atoms with Gasteiger partial charge in [0.25, 0.3) is 5.91 Å². The van der Waals surface area contributed by atoms with E-state index in [9.17, 15) is 4.79 Å². The second-order valence-electron chi connectivity index (χ2n) is 4.34. The van der Waals surface area contributed by atoms with Crippen molar-refractivity contribution in [2.45, 2.75) is 0 Å². The number of carbonyl (C=O) groups excluding carboxylic acids is 1. The zero-order valence-corrected chi connectivity index (χ0v) is 12.4. The lowest BCUT2D eigenvalue weighted by Gasteiger charge is -2.13. The lowest BCUT2D eigenvalue weighted by atomic mass is 10.1. The fraction of sp³-hybridized carbons (Fsp3) is 0.125. The molecule has 114 valence electrons. The van der Waals surface area contributed by atoms with Crippen molar-refractivity contribution >= 4 is 11.6 Å². The van der Waals surface area contributed by atoms with Gasteiger partial charge in [0.15, 0.2) is 11.5 Å². The molecule has 0 aliphatic heterocycles. The first-order valence-electron chi connectivity index (χ1n) is 6.54. The molecule has 0 radical (unpaired) electrons. The first-order valence-corrected chi connectivity index (χ1v) is 6.54. The number of hydrogen-bond acceptors (Lipinski definition) is 5. The molecule has 2 rings (SSSR count). The summed E-state index contributed by atoms with van der Waals surface area (Å²) in [6.07, 6.45) is 1.55. The third-order valence-corrected chi connectivity index (χ3v) is 2.96. The van der Waals surface area contributed by atoms with Crippen molar-refractivity contribution in [2.75, 3.05) is 14.2 Å². The van der Waals surface area contributed by atoms with Gasteiger partial charge in [-0.3, -0.25) is 20.6 Å². The summed E-state index contributed by atoms with van der Waals surface area (Å²) in [4.78, 5) is 15.8. The highest BCUT2D eigenvalue weighted by molar-refractivity contribution is 5.92. The molecule has 1 aromatic heterocycles. The van der Waals surface area contributed by atoms with Crippen LogP contribution in [0, 0.1) is 0 Å². The maximum absolute atomic E-state index is 11.9. The van der Waals surface area contributed by atoms with E-state index in [0.717, 1.165) is 5.56 Å². The smallest absolute Gasteiger partial charge is 0.288 e. The summed E-state index contributed by atoms with van der Waals surface area (Å²) < 4.78 is 10.4. The van der Waals surface area contributed by atoms with Crippen LogP contribution in [0.15, 0.2) is 49.2 Å². The Morgan fingerprint density at radius 2 is 1.86 bits per heavy atom. The van der Waals surface area contributed by atoms with E-state index >= 15 is 0 Å². The van der Waals surface area contributed by atoms with Crippen molar-refractivity contribution in [3.05, 3.63) is 60.4 Å². The van der Waals surface area contributed by atoms with Crippen LogP contribution in [0.1, 0.15) is 16.1 Å². The van der Waals surface area contributed by atoms with E-state index < -0.39 is 0 Å². The monoisotopic (exact) mass is 299 g/mol. The SMILES string of the molecule is C=C(NNC(=O)c1ccccn1)c1ccc(OC)c(OC)c1. The van der Waals surface area contributed by atoms with Crippen LogP contribution in [0.3, 0.4) is 0 Å². The van der Waals surface area contributed by atoms with Gasteiger partial charge in [-0.25, -0.2) is 0 Å². The summed E-state index contributed by atoms with van der Waals surface area (Å²) >= 11 is 0. The topological polar surface area (TPSA) is 72.5 Å². The number of rotatable bonds is 6. The third-order valence-electron chi connectivity index (χ3n) is 2.96. The Morgan fingerprint density at radius 1 is 1.09 bits per heavy atom. The first kappa shape index (κ1) is 15.4. The van der Waals surface area contributed by atoms with Crippen LogP contribution in [0.5, 0.6) is 11.5 Å². The van der Waals surface area contributed by atoms with Crippen LogP contribution in [-0.4, -0.2) is 25.1 Å². The summed E-state index contributed by atoms with van der Waals surface area (Å²) in [5, 5.41) is 0. The second kappa shape index (κ2) is 7.12. The van der Waals surface area contributed by atoms with Crippen molar-refractivity contribution in [3.8, 4) is 11.5 Å². The van der Waals surface area contributed by atoms with Crippen molar-refractivity contribution in [3.63, 3.8) is 0 Å². The minimum atomic E-state index is -0.345. The first-order chi connectivity index (χ1) is 10.7. The number of pyridine rings is 1. The average molecular weight is 299 g/mol. The molecule has 0 spiro atoms. The molecule has 0 fully saturated rings. The van der Waals surface area contributed by atoms with Crippen molar-refractivity contribution < 1.29 is 14.3 Å². The Kier molecular flexibility index (Phi) is 4.98. The number of carbonyl (C=O) groups is 1. The predicted octanol–water partition coefficient (Wildman–Crippen LogP) is 2.00. The molecule has 2 N–H and O–H groups in total. The van der Waals surface area contributed by atoms with E-state index in [4.69, 9.17) is 9.47 Å². The van der Waals surface area contributed by atoms with Gasteiger partial charge in [-0.05, 0) is 30.3 Å². The number of ether oxygens (including phenoxy) is 2. The van der Waals surface area contributed by atoms with Gasteiger partial charge in [-0.1, -0.05) is 12.6 Å². The second-order valence-corrected chi connectivity index (χ2v) is 4.34. The number of hydrazine groups is 1. The van der Waals surface area contributed by atoms with Gasteiger partial charge in [0, 0.05) is 11.8 Å². The summed E-state index contributed by atoms with van der Waals surface area (Å²) in [5.74, 6) is 0.859. The molecule has 1 heterocycles. The summed E-state index contributed by atoms with van der Waals surface area (Å²) in [5.41, 5.74) is 6.89. The van der Waals surface area contributed by atoms with Crippen molar-refractivity contribution in [2.24, 2.45) is 0 Å². The highest BCUT2D eigenvalue weighted by atomic mass is 16.5. The Labute approximate surface area is 128 Å². The van der Waals surface area contributed by atoms with Gasteiger partial charge in [-0.15, -0.1) is 0 Å². The minimum absolute atomic E-state index is 0.315. The maximum Gasteiger partial charge on any atom is 0.288 e. The minimum Gasteiger partial charge on any atom is -0.493 e. The molecule has 0 bridgehead atoms. The fourth-order valence-corrected chi connectivity index (χ4v) is 1.79. The van der Waals surface area contributed by atoms with E-state index in [1.807, 2.05) is 6.07 Å². The molecular weight excluding hydrogens is 282 g/mol. The summed E-state index contributed by atoms with van der Waals surface area (Å²) in [6, 6.07) is 10.4. The summed E-state index contributed by atoms with van der Waals surface area (Å²) in [7, 11) is 3.12. The van der Waals surface area contributed by atoms with Crippen LogP contribution >= 0.6 is 0 Å². The number of aromatic nitrogens is 1. The molecule has 0 aliphatic rings.